The fourth-order valence-corrected chi connectivity index (χ4v) is 4.94. The number of hydrogen-bond acceptors (Lipinski definition) is 6. The molecule has 2 amide bonds. The van der Waals surface area contributed by atoms with Gasteiger partial charge in [0.1, 0.15) is 12.4 Å². The van der Waals surface area contributed by atoms with Gasteiger partial charge in [-0.15, -0.1) is 0 Å². The molecule has 1 aliphatic carbocycles. The van der Waals surface area contributed by atoms with Crippen molar-refractivity contribution in [1.29, 1.82) is 0 Å². The predicted octanol–water partition coefficient (Wildman–Crippen LogP) is 2.89. The Bertz CT molecular complexity index is 1180. The van der Waals surface area contributed by atoms with Crippen LogP contribution in [0.3, 0.4) is 0 Å². The zero-order valence-corrected chi connectivity index (χ0v) is 21.9. The van der Waals surface area contributed by atoms with Crippen molar-refractivity contribution in [3.05, 3.63) is 64.0 Å². The number of amides is 2. The summed E-state index contributed by atoms with van der Waals surface area (Å²) in [5.74, 6) is -0.562. The number of ketones is 1. The highest BCUT2D eigenvalue weighted by Gasteiger charge is 2.27. The monoisotopic (exact) mass is 509 g/mol. The van der Waals surface area contributed by atoms with Crippen LogP contribution in [0.2, 0.25) is 0 Å². The Kier molecular flexibility index (Phi) is 8.56. The number of likely N-dealkylation sites (N-methyl/N-ethyl adjacent to an activating group) is 2. The van der Waals surface area contributed by atoms with E-state index in [0.29, 0.717) is 32.6 Å². The second-order valence-corrected chi connectivity index (χ2v) is 9.78. The molecule has 0 radical (unpaired) electrons. The molecule has 1 heterocycles. The molecule has 0 atom stereocenters. The summed E-state index contributed by atoms with van der Waals surface area (Å²) in [6.45, 7) is 6.59. The lowest BCUT2D eigenvalue weighted by molar-refractivity contribution is -0.151. The Morgan fingerprint density at radius 3 is 2.62 bits per heavy atom. The van der Waals surface area contributed by atoms with Crippen LogP contribution in [0.25, 0.3) is 0 Å². The van der Waals surface area contributed by atoms with E-state index in [1.807, 2.05) is 31.0 Å². The summed E-state index contributed by atoms with van der Waals surface area (Å²) < 4.78 is 13.6. The first-order valence-corrected chi connectivity index (χ1v) is 12.9. The first-order chi connectivity index (χ1) is 17.8. The SMILES string of the molecule is CCNCCN(CC(=O)N(C)N1Cc2ccc(F)cc2C1)C(=O)CNc1cc2c(cc1C)CCCC2=O. The highest BCUT2D eigenvalue weighted by Crippen LogP contribution is 2.27. The molecule has 0 fully saturated rings. The first kappa shape index (κ1) is 26.8. The molecule has 0 spiro atoms. The van der Waals surface area contributed by atoms with Crippen molar-refractivity contribution in [3.63, 3.8) is 0 Å². The molecule has 9 heteroatoms. The maximum atomic E-state index is 13.6. The molecule has 2 aliphatic rings. The standard InChI is InChI=1S/C28H36FN5O3/c1-4-30-10-11-33(18-28(37)32(3)34-16-21-8-9-23(29)13-22(21)17-34)27(36)15-31-25-14-24-20(12-19(25)2)6-5-7-26(24)35/h8-9,12-14,30-31H,4-7,10-11,15-18H2,1-3H3. The van der Waals surface area contributed by atoms with Crippen LogP contribution in [0.1, 0.15) is 52.4 Å². The van der Waals surface area contributed by atoms with Crippen molar-refractivity contribution in [2.75, 3.05) is 45.1 Å². The Labute approximate surface area is 217 Å². The number of halogens is 1. The lowest BCUT2D eigenvalue weighted by Crippen LogP contribution is -2.49. The van der Waals surface area contributed by atoms with Gasteiger partial charge in [0.25, 0.3) is 5.91 Å². The molecular weight excluding hydrogens is 473 g/mol. The quantitative estimate of drug-likeness (QED) is 0.479. The number of Topliss-reactive ketones (excluding diaryl/α,β-unsaturated/α-hetero) is 1. The van der Waals surface area contributed by atoms with E-state index in [1.54, 1.807) is 18.0 Å². The number of aryl methyl sites for hydroxylation is 2. The molecule has 0 saturated carbocycles. The molecule has 0 bridgehead atoms. The highest BCUT2D eigenvalue weighted by atomic mass is 19.1. The molecule has 37 heavy (non-hydrogen) atoms. The lowest BCUT2D eigenvalue weighted by Gasteiger charge is -2.31. The van der Waals surface area contributed by atoms with Gasteiger partial charge in [-0.05, 0) is 66.8 Å². The molecule has 2 aromatic carbocycles. The maximum Gasteiger partial charge on any atom is 0.256 e. The van der Waals surface area contributed by atoms with Gasteiger partial charge >= 0.3 is 0 Å². The summed E-state index contributed by atoms with van der Waals surface area (Å²) in [6, 6.07) is 8.56. The van der Waals surface area contributed by atoms with Crippen molar-refractivity contribution < 1.29 is 18.8 Å². The number of rotatable bonds is 10. The number of carbonyl (C=O) groups excluding carboxylic acids is 3. The summed E-state index contributed by atoms with van der Waals surface area (Å²) in [7, 11) is 1.68. The van der Waals surface area contributed by atoms with Crippen molar-refractivity contribution in [2.24, 2.45) is 0 Å². The van der Waals surface area contributed by atoms with Gasteiger partial charge in [0.05, 0.1) is 6.54 Å². The number of fused-ring (bicyclic) bond motifs is 2. The van der Waals surface area contributed by atoms with Gasteiger partial charge < -0.3 is 15.5 Å². The Morgan fingerprint density at radius 2 is 1.84 bits per heavy atom. The van der Waals surface area contributed by atoms with E-state index >= 15 is 0 Å². The zero-order chi connectivity index (χ0) is 26.5. The third-order valence-corrected chi connectivity index (χ3v) is 7.18. The molecule has 8 nitrogen and oxygen atoms in total. The van der Waals surface area contributed by atoms with Crippen LogP contribution in [0, 0.1) is 12.7 Å². The lowest BCUT2D eigenvalue weighted by atomic mass is 9.89. The van der Waals surface area contributed by atoms with Crippen LogP contribution in [0.15, 0.2) is 30.3 Å². The number of nitrogens with one attached hydrogen (secondary N) is 2. The minimum absolute atomic E-state index is 0.0192. The molecule has 1 aliphatic heterocycles. The third-order valence-electron chi connectivity index (χ3n) is 7.18. The van der Waals surface area contributed by atoms with Gasteiger partial charge in [-0.3, -0.25) is 19.4 Å². The number of nitrogens with zero attached hydrogens (tertiary/aromatic N) is 3. The summed E-state index contributed by atoms with van der Waals surface area (Å²) in [6.07, 6.45) is 2.32. The van der Waals surface area contributed by atoms with E-state index in [1.165, 1.54) is 17.1 Å². The number of benzene rings is 2. The van der Waals surface area contributed by atoms with Crippen molar-refractivity contribution >= 4 is 23.3 Å². The smallest absolute Gasteiger partial charge is 0.256 e. The van der Waals surface area contributed by atoms with Crippen molar-refractivity contribution in [3.8, 4) is 0 Å². The van der Waals surface area contributed by atoms with Gasteiger partial charge in [-0.1, -0.05) is 19.1 Å². The van der Waals surface area contributed by atoms with E-state index in [9.17, 15) is 18.8 Å². The second kappa shape index (κ2) is 11.8. The topological polar surface area (TPSA) is 85.0 Å². The molecule has 0 saturated heterocycles. The largest absolute Gasteiger partial charge is 0.376 e. The molecule has 0 aromatic heterocycles. The van der Waals surface area contributed by atoms with Crippen LogP contribution in [0.4, 0.5) is 10.1 Å². The third kappa shape index (κ3) is 6.34. The minimum atomic E-state index is -0.291. The summed E-state index contributed by atoms with van der Waals surface area (Å²) in [5, 5.41) is 9.78. The van der Waals surface area contributed by atoms with E-state index < -0.39 is 0 Å². The molecule has 2 N–H and O–H groups in total. The average molecular weight is 510 g/mol. The maximum absolute atomic E-state index is 13.6. The van der Waals surface area contributed by atoms with Crippen molar-refractivity contribution in [1.82, 2.24) is 20.2 Å². The van der Waals surface area contributed by atoms with Crippen LogP contribution in [-0.4, -0.2) is 72.3 Å². The predicted molar refractivity (Wildman–Crippen MR) is 140 cm³/mol. The number of anilines is 1. The molecule has 0 unspecified atom stereocenters. The van der Waals surface area contributed by atoms with Gasteiger partial charge in [-0.25, -0.2) is 9.40 Å². The summed E-state index contributed by atoms with van der Waals surface area (Å²) in [5.41, 5.74) is 5.41. The minimum Gasteiger partial charge on any atom is -0.376 e. The fraction of sp³-hybridized carbons (Fsp3) is 0.464. The van der Waals surface area contributed by atoms with Crippen LogP contribution in [-0.2, 0) is 29.1 Å². The van der Waals surface area contributed by atoms with E-state index in [0.717, 1.165) is 52.9 Å². The Hall–Kier alpha value is -3.30. The first-order valence-electron chi connectivity index (χ1n) is 12.9. The fourth-order valence-electron chi connectivity index (χ4n) is 4.94. The molecule has 198 valence electrons. The average Bonchev–Trinajstić information content (AvgIpc) is 3.29. The molecular formula is C28H36FN5O3. The van der Waals surface area contributed by atoms with Crippen molar-refractivity contribution in [2.45, 2.75) is 46.2 Å². The summed E-state index contributed by atoms with van der Waals surface area (Å²) >= 11 is 0. The van der Waals surface area contributed by atoms with E-state index in [2.05, 4.69) is 10.6 Å². The Balaban J connectivity index is 1.39. The van der Waals surface area contributed by atoms with Gasteiger partial charge in [-0.2, -0.15) is 0 Å². The number of hydrogen-bond donors (Lipinski definition) is 2. The van der Waals surface area contributed by atoms with Gasteiger partial charge in [0, 0.05) is 50.9 Å². The number of hydrazine groups is 1. The second-order valence-electron chi connectivity index (χ2n) is 9.78. The van der Waals surface area contributed by atoms with Gasteiger partial charge in [0.2, 0.25) is 5.91 Å². The normalized spacial score (nSPS) is 14.8. The van der Waals surface area contributed by atoms with Crippen LogP contribution < -0.4 is 10.6 Å². The van der Waals surface area contributed by atoms with Crippen LogP contribution in [0.5, 0.6) is 0 Å². The zero-order valence-electron chi connectivity index (χ0n) is 21.9. The Morgan fingerprint density at radius 1 is 1.05 bits per heavy atom. The number of carbonyl (C=O) groups is 3. The van der Waals surface area contributed by atoms with E-state index in [-0.39, 0.29) is 36.5 Å². The molecule has 2 aromatic rings. The molecule has 4 rings (SSSR count). The highest BCUT2D eigenvalue weighted by molar-refractivity contribution is 5.99. The summed E-state index contributed by atoms with van der Waals surface area (Å²) in [4.78, 5) is 40.3. The van der Waals surface area contributed by atoms with E-state index in [4.69, 9.17) is 0 Å². The van der Waals surface area contributed by atoms with Gasteiger partial charge in [0.15, 0.2) is 5.78 Å². The van der Waals surface area contributed by atoms with Crippen LogP contribution >= 0.6 is 0 Å².